The van der Waals surface area contributed by atoms with E-state index in [1.54, 1.807) is 6.07 Å². The molecule has 0 saturated carbocycles. The molecule has 1 N–H and O–H groups in total. The number of halogens is 1. The van der Waals surface area contributed by atoms with E-state index in [0.29, 0.717) is 6.61 Å². The lowest BCUT2D eigenvalue weighted by molar-refractivity contribution is 0.299. The zero-order valence-corrected chi connectivity index (χ0v) is 12.2. The first kappa shape index (κ1) is 14.5. The molecule has 0 fully saturated rings. The number of aryl methyl sites for hydroxylation is 2. The van der Waals surface area contributed by atoms with Gasteiger partial charge in [-0.1, -0.05) is 24.3 Å². The van der Waals surface area contributed by atoms with Gasteiger partial charge in [0.15, 0.2) is 0 Å². The molecule has 0 atom stereocenters. The smallest absolute Gasteiger partial charge is 0.127 e. The number of benzene rings is 2. The Morgan fingerprint density at radius 2 is 1.85 bits per heavy atom. The van der Waals surface area contributed by atoms with E-state index in [2.05, 4.69) is 11.4 Å². The molecule has 0 bridgehead atoms. The Morgan fingerprint density at radius 3 is 2.55 bits per heavy atom. The minimum Gasteiger partial charge on any atom is -0.488 e. The first-order chi connectivity index (χ1) is 9.61. The molecule has 0 amide bonds. The van der Waals surface area contributed by atoms with E-state index < -0.39 is 0 Å². The molecule has 0 saturated heterocycles. The third-order valence-electron chi connectivity index (χ3n) is 3.34. The maximum atomic E-state index is 13.1. The van der Waals surface area contributed by atoms with E-state index in [9.17, 15) is 4.39 Å². The van der Waals surface area contributed by atoms with Crippen LogP contribution in [0.25, 0.3) is 0 Å². The van der Waals surface area contributed by atoms with Crippen LogP contribution in [0.3, 0.4) is 0 Å². The van der Waals surface area contributed by atoms with Crippen molar-refractivity contribution in [2.45, 2.75) is 27.0 Å². The van der Waals surface area contributed by atoms with Crippen LogP contribution >= 0.6 is 0 Å². The Balaban J connectivity index is 2.18. The lowest BCUT2D eigenvalue weighted by Gasteiger charge is -2.15. The van der Waals surface area contributed by atoms with Gasteiger partial charge in [0.05, 0.1) is 0 Å². The molecule has 0 aliphatic heterocycles. The standard InChI is InChI=1S/C17H20FNO/c1-12-5-4-6-14(10-19-3)17(12)20-11-15-7-8-16(18)9-13(15)2/h4-9,19H,10-11H2,1-3H3. The lowest BCUT2D eigenvalue weighted by atomic mass is 10.1. The molecule has 0 aliphatic carbocycles. The quantitative estimate of drug-likeness (QED) is 0.896. The van der Waals surface area contributed by atoms with Crippen molar-refractivity contribution < 1.29 is 9.13 Å². The maximum Gasteiger partial charge on any atom is 0.127 e. The van der Waals surface area contributed by atoms with Gasteiger partial charge < -0.3 is 10.1 Å². The van der Waals surface area contributed by atoms with Gasteiger partial charge in [0.1, 0.15) is 18.2 Å². The Morgan fingerprint density at radius 1 is 1.05 bits per heavy atom. The van der Waals surface area contributed by atoms with Crippen LogP contribution in [0.5, 0.6) is 5.75 Å². The summed E-state index contributed by atoms with van der Waals surface area (Å²) in [5, 5.41) is 3.14. The summed E-state index contributed by atoms with van der Waals surface area (Å²) in [5.74, 6) is 0.698. The minimum atomic E-state index is -0.210. The number of hydrogen-bond donors (Lipinski definition) is 1. The predicted molar refractivity (Wildman–Crippen MR) is 79.4 cm³/mol. The van der Waals surface area contributed by atoms with Gasteiger partial charge in [0.2, 0.25) is 0 Å². The molecule has 0 unspecified atom stereocenters. The van der Waals surface area contributed by atoms with Crippen LogP contribution in [-0.2, 0) is 13.2 Å². The largest absolute Gasteiger partial charge is 0.488 e. The van der Waals surface area contributed by atoms with Crippen LogP contribution in [-0.4, -0.2) is 7.05 Å². The minimum absolute atomic E-state index is 0.210. The topological polar surface area (TPSA) is 21.3 Å². The highest BCUT2D eigenvalue weighted by Gasteiger charge is 2.08. The summed E-state index contributed by atoms with van der Waals surface area (Å²) in [6.45, 7) is 5.15. The Bertz CT molecular complexity index is 596. The Hall–Kier alpha value is -1.87. The second-order valence-corrected chi connectivity index (χ2v) is 4.95. The average Bonchev–Trinajstić information content (AvgIpc) is 2.40. The molecule has 2 aromatic carbocycles. The van der Waals surface area contributed by atoms with Crippen molar-refractivity contribution in [1.82, 2.24) is 5.32 Å². The normalized spacial score (nSPS) is 10.6. The lowest BCUT2D eigenvalue weighted by Crippen LogP contribution is -2.09. The molecule has 20 heavy (non-hydrogen) atoms. The van der Waals surface area contributed by atoms with Crippen molar-refractivity contribution in [3.8, 4) is 5.75 Å². The highest BCUT2D eigenvalue weighted by atomic mass is 19.1. The first-order valence-electron chi connectivity index (χ1n) is 6.72. The number of para-hydroxylation sites is 1. The molecule has 2 nitrogen and oxygen atoms in total. The van der Waals surface area contributed by atoms with Gasteiger partial charge in [0.25, 0.3) is 0 Å². The Kier molecular flexibility index (Phi) is 4.74. The van der Waals surface area contributed by atoms with E-state index >= 15 is 0 Å². The molecule has 3 heteroatoms. The summed E-state index contributed by atoms with van der Waals surface area (Å²) in [6.07, 6.45) is 0. The van der Waals surface area contributed by atoms with Crippen molar-refractivity contribution in [2.75, 3.05) is 7.05 Å². The fraction of sp³-hybridized carbons (Fsp3) is 0.294. The third kappa shape index (κ3) is 3.36. The Labute approximate surface area is 119 Å². The van der Waals surface area contributed by atoms with E-state index in [0.717, 1.165) is 34.5 Å². The summed E-state index contributed by atoms with van der Waals surface area (Å²) >= 11 is 0. The number of hydrogen-bond acceptors (Lipinski definition) is 2. The molecule has 0 aromatic heterocycles. The van der Waals surface area contributed by atoms with Crippen LogP contribution in [0.4, 0.5) is 4.39 Å². The predicted octanol–water partition coefficient (Wildman–Crippen LogP) is 3.74. The number of nitrogens with one attached hydrogen (secondary N) is 1. The molecular formula is C17H20FNO. The van der Waals surface area contributed by atoms with Gasteiger partial charge in [-0.25, -0.2) is 4.39 Å². The van der Waals surface area contributed by atoms with E-state index in [4.69, 9.17) is 4.74 Å². The van der Waals surface area contributed by atoms with Gasteiger partial charge in [-0.3, -0.25) is 0 Å². The molecule has 0 aliphatic rings. The van der Waals surface area contributed by atoms with Crippen LogP contribution in [0, 0.1) is 19.7 Å². The van der Waals surface area contributed by atoms with Crippen LogP contribution < -0.4 is 10.1 Å². The van der Waals surface area contributed by atoms with E-state index in [1.807, 2.05) is 33.0 Å². The fourth-order valence-electron chi connectivity index (χ4n) is 2.22. The zero-order valence-electron chi connectivity index (χ0n) is 12.2. The fourth-order valence-corrected chi connectivity index (χ4v) is 2.22. The second kappa shape index (κ2) is 6.53. The summed E-state index contributed by atoms with van der Waals surface area (Å²) < 4.78 is 19.1. The summed E-state index contributed by atoms with van der Waals surface area (Å²) in [6, 6.07) is 10.9. The van der Waals surface area contributed by atoms with Gasteiger partial charge in [-0.2, -0.15) is 0 Å². The SMILES string of the molecule is CNCc1cccc(C)c1OCc1ccc(F)cc1C. The first-order valence-corrected chi connectivity index (χ1v) is 6.72. The highest BCUT2D eigenvalue weighted by molar-refractivity contribution is 5.41. The molecule has 2 aromatic rings. The van der Waals surface area contributed by atoms with Crippen LogP contribution in [0.1, 0.15) is 22.3 Å². The number of ether oxygens (including phenoxy) is 1. The van der Waals surface area contributed by atoms with Gasteiger partial charge in [-0.05, 0) is 49.7 Å². The molecular weight excluding hydrogens is 253 g/mol. The van der Waals surface area contributed by atoms with Crippen LogP contribution in [0.15, 0.2) is 36.4 Å². The van der Waals surface area contributed by atoms with Crippen molar-refractivity contribution >= 4 is 0 Å². The zero-order chi connectivity index (χ0) is 14.5. The van der Waals surface area contributed by atoms with Crippen LogP contribution in [0.2, 0.25) is 0 Å². The van der Waals surface area contributed by atoms with Crippen molar-refractivity contribution in [3.63, 3.8) is 0 Å². The highest BCUT2D eigenvalue weighted by Crippen LogP contribution is 2.25. The second-order valence-electron chi connectivity index (χ2n) is 4.95. The van der Waals surface area contributed by atoms with Gasteiger partial charge in [0, 0.05) is 12.1 Å². The summed E-state index contributed by atoms with van der Waals surface area (Å²) in [7, 11) is 1.91. The van der Waals surface area contributed by atoms with Crippen molar-refractivity contribution in [2.24, 2.45) is 0 Å². The van der Waals surface area contributed by atoms with E-state index in [1.165, 1.54) is 12.1 Å². The summed E-state index contributed by atoms with van der Waals surface area (Å²) in [5.41, 5.74) is 4.16. The molecule has 0 radical (unpaired) electrons. The monoisotopic (exact) mass is 273 g/mol. The van der Waals surface area contributed by atoms with Crippen molar-refractivity contribution in [1.29, 1.82) is 0 Å². The van der Waals surface area contributed by atoms with Gasteiger partial charge in [-0.15, -0.1) is 0 Å². The molecule has 2 rings (SSSR count). The summed E-state index contributed by atoms with van der Waals surface area (Å²) in [4.78, 5) is 0. The van der Waals surface area contributed by atoms with Gasteiger partial charge >= 0.3 is 0 Å². The molecule has 0 spiro atoms. The van der Waals surface area contributed by atoms with E-state index in [-0.39, 0.29) is 5.82 Å². The number of rotatable bonds is 5. The third-order valence-corrected chi connectivity index (χ3v) is 3.34. The maximum absolute atomic E-state index is 13.1. The molecule has 106 valence electrons. The molecule has 0 heterocycles. The average molecular weight is 273 g/mol. The van der Waals surface area contributed by atoms with Crippen molar-refractivity contribution in [3.05, 3.63) is 64.5 Å².